The lowest BCUT2D eigenvalue weighted by Crippen LogP contribution is -2.39. The van der Waals surface area contributed by atoms with Crippen LogP contribution in [0.3, 0.4) is 0 Å². The van der Waals surface area contributed by atoms with Crippen molar-refractivity contribution in [1.29, 1.82) is 0 Å². The number of nitrogens with zero attached hydrogens (tertiary/aromatic N) is 2. The predicted octanol–water partition coefficient (Wildman–Crippen LogP) is 3.66. The minimum absolute atomic E-state index is 0.178. The summed E-state index contributed by atoms with van der Waals surface area (Å²) >= 11 is 0. The van der Waals surface area contributed by atoms with E-state index in [1.54, 1.807) is 0 Å². The molecule has 2 aromatic rings. The molecule has 0 saturated heterocycles. The van der Waals surface area contributed by atoms with Crippen LogP contribution >= 0.6 is 0 Å². The predicted molar refractivity (Wildman–Crippen MR) is 106 cm³/mol. The van der Waals surface area contributed by atoms with Crippen LogP contribution in [0.5, 0.6) is 0 Å². The molecule has 0 aliphatic carbocycles. The molecule has 3 aliphatic heterocycles. The lowest BCUT2D eigenvalue weighted by Gasteiger charge is -2.35. The zero-order chi connectivity index (χ0) is 17.7. The minimum atomic E-state index is -0.648. The van der Waals surface area contributed by atoms with Crippen LogP contribution in [0.15, 0.2) is 35.5 Å². The van der Waals surface area contributed by atoms with Gasteiger partial charge in [0.05, 0.1) is 5.60 Å². The molecule has 3 unspecified atom stereocenters. The molecule has 136 valence electrons. The van der Waals surface area contributed by atoms with Gasteiger partial charge in [0.2, 0.25) is 0 Å². The van der Waals surface area contributed by atoms with E-state index < -0.39 is 5.60 Å². The first kappa shape index (κ1) is 16.3. The molecule has 2 N–H and O–H groups in total. The molecule has 0 radical (unpaired) electrons. The van der Waals surface area contributed by atoms with E-state index in [2.05, 4.69) is 46.1 Å². The number of benzene rings is 1. The van der Waals surface area contributed by atoms with Gasteiger partial charge in [0.25, 0.3) is 0 Å². The van der Waals surface area contributed by atoms with Crippen molar-refractivity contribution in [3.05, 3.63) is 47.3 Å². The van der Waals surface area contributed by atoms with E-state index in [0.717, 1.165) is 45.3 Å². The van der Waals surface area contributed by atoms with Crippen LogP contribution in [-0.2, 0) is 13.1 Å². The lowest BCUT2D eigenvalue weighted by molar-refractivity contribution is -0.0196. The van der Waals surface area contributed by atoms with Crippen LogP contribution in [0.25, 0.3) is 10.9 Å². The van der Waals surface area contributed by atoms with Crippen molar-refractivity contribution in [1.82, 2.24) is 9.88 Å². The summed E-state index contributed by atoms with van der Waals surface area (Å²) < 4.78 is 2.51. The smallest absolute Gasteiger partial charge is 0.0737 e. The Morgan fingerprint density at radius 2 is 2.27 bits per heavy atom. The Labute approximate surface area is 154 Å². The fourth-order valence-electron chi connectivity index (χ4n) is 5.31. The summed E-state index contributed by atoms with van der Waals surface area (Å²) in [4.78, 5) is 4.20. The number of hydrogen-bond donors (Lipinski definition) is 2. The highest BCUT2D eigenvalue weighted by Gasteiger charge is 2.42. The topological polar surface area (TPSA) is 49.5 Å². The third kappa shape index (κ3) is 2.47. The lowest BCUT2D eigenvalue weighted by atomic mass is 9.75. The summed E-state index contributed by atoms with van der Waals surface area (Å²) in [7, 11) is 0. The van der Waals surface area contributed by atoms with Gasteiger partial charge in [-0.2, -0.15) is 0 Å². The maximum atomic E-state index is 11.6. The summed E-state index contributed by atoms with van der Waals surface area (Å²) in [6, 6.07) is 6.82. The third-order valence-corrected chi connectivity index (χ3v) is 6.65. The fraction of sp³-hybridized carbons (Fsp3) is 0.500. The molecule has 0 saturated carbocycles. The van der Waals surface area contributed by atoms with Gasteiger partial charge in [0.1, 0.15) is 0 Å². The molecule has 3 aliphatic rings. The van der Waals surface area contributed by atoms with E-state index in [9.17, 15) is 5.11 Å². The van der Waals surface area contributed by atoms with Gasteiger partial charge < -0.3 is 15.0 Å². The quantitative estimate of drug-likeness (QED) is 0.825. The Morgan fingerprint density at radius 1 is 1.35 bits per heavy atom. The summed E-state index contributed by atoms with van der Waals surface area (Å²) in [6.07, 6.45) is 9.51. The molecule has 4 heterocycles. The van der Waals surface area contributed by atoms with Crippen LogP contribution in [0.4, 0.5) is 0 Å². The zero-order valence-electron chi connectivity index (χ0n) is 15.4. The second kappa shape index (κ2) is 6.07. The first-order valence-electron chi connectivity index (χ1n) is 9.89. The van der Waals surface area contributed by atoms with Gasteiger partial charge in [-0.25, -0.2) is 0 Å². The van der Waals surface area contributed by atoms with Crippen molar-refractivity contribution in [3.63, 3.8) is 0 Å². The molecule has 0 spiro atoms. The number of aliphatic hydroxyl groups is 1. The van der Waals surface area contributed by atoms with E-state index in [4.69, 9.17) is 0 Å². The van der Waals surface area contributed by atoms with Crippen molar-refractivity contribution in [2.45, 2.75) is 57.2 Å². The van der Waals surface area contributed by atoms with Gasteiger partial charge in [-0.1, -0.05) is 17.7 Å². The molecule has 1 aromatic carbocycles. The molecule has 5 rings (SSSR count). The molecule has 4 heteroatoms. The Hall–Kier alpha value is -1.91. The average Bonchev–Trinajstić information content (AvgIpc) is 2.76. The molecule has 4 nitrogen and oxygen atoms in total. The van der Waals surface area contributed by atoms with Gasteiger partial charge >= 0.3 is 0 Å². The summed E-state index contributed by atoms with van der Waals surface area (Å²) in [5.74, 6) is 0.588. The van der Waals surface area contributed by atoms with Crippen molar-refractivity contribution < 1.29 is 5.11 Å². The maximum absolute atomic E-state index is 11.6. The molecule has 0 fully saturated rings. The van der Waals surface area contributed by atoms with Gasteiger partial charge in [0.15, 0.2) is 0 Å². The molecule has 3 atom stereocenters. The normalized spacial score (nSPS) is 30.8. The summed E-state index contributed by atoms with van der Waals surface area (Å²) in [5, 5.41) is 16.7. The molecule has 0 bridgehead atoms. The van der Waals surface area contributed by atoms with E-state index in [1.165, 1.54) is 27.7 Å². The molecule has 1 aromatic heterocycles. The highest BCUT2D eigenvalue weighted by atomic mass is 16.3. The second-order valence-electron chi connectivity index (χ2n) is 8.27. The average molecular weight is 349 g/mol. The van der Waals surface area contributed by atoms with Crippen molar-refractivity contribution in [2.75, 3.05) is 6.54 Å². The number of fused-ring (bicyclic) bond motifs is 3. The highest BCUT2D eigenvalue weighted by Crippen LogP contribution is 2.45. The van der Waals surface area contributed by atoms with Crippen molar-refractivity contribution in [3.8, 4) is 0 Å². The Kier molecular flexibility index (Phi) is 3.80. The van der Waals surface area contributed by atoms with E-state index >= 15 is 0 Å². The number of aliphatic imine (C=N–C) groups is 1. The largest absolute Gasteiger partial charge is 0.389 e. The standard InChI is InChI=1S/C22H27N3O/c1-15-2-3-20-18(12-15)19-14-24-8-4-16-13-22(26,7-11-25(20)21(16)19)17-5-9-23-10-6-17/h2-3,5,9-10,12,16-17,24,26H,4,6-8,11,13-14H2,1H3. The van der Waals surface area contributed by atoms with E-state index in [0.29, 0.717) is 5.92 Å². The molecular formula is C22H27N3O. The number of rotatable bonds is 1. The van der Waals surface area contributed by atoms with Crippen LogP contribution in [0.2, 0.25) is 0 Å². The molecular weight excluding hydrogens is 322 g/mol. The summed E-state index contributed by atoms with van der Waals surface area (Å²) in [5.41, 5.74) is 4.93. The second-order valence-corrected chi connectivity index (χ2v) is 8.27. The van der Waals surface area contributed by atoms with Gasteiger partial charge in [0, 0.05) is 53.9 Å². The summed E-state index contributed by atoms with van der Waals surface area (Å²) in [6.45, 7) is 5.02. The van der Waals surface area contributed by atoms with Gasteiger partial charge in [-0.3, -0.25) is 4.99 Å². The highest BCUT2D eigenvalue weighted by molar-refractivity contribution is 5.86. The van der Waals surface area contributed by atoms with Crippen LogP contribution in [0.1, 0.15) is 48.4 Å². The van der Waals surface area contributed by atoms with Gasteiger partial charge in [-0.15, -0.1) is 0 Å². The minimum Gasteiger partial charge on any atom is -0.389 e. The SMILES string of the molecule is Cc1ccc2c(c1)c1c3n2CCC(O)(C2C=CN=CC2)CC3CCNC1. The number of aromatic nitrogens is 1. The Bertz CT molecular complexity index is 910. The van der Waals surface area contributed by atoms with Gasteiger partial charge in [-0.05, 0) is 56.8 Å². The maximum Gasteiger partial charge on any atom is 0.0737 e. The van der Waals surface area contributed by atoms with Crippen LogP contribution in [-0.4, -0.2) is 28.0 Å². The number of hydrogen-bond acceptors (Lipinski definition) is 3. The van der Waals surface area contributed by atoms with E-state index in [-0.39, 0.29) is 5.92 Å². The van der Waals surface area contributed by atoms with Crippen LogP contribution < -0.4 is 5.32 Å². The first-order valence-corrected chi connectivity index (χ1v) is 9.89. The number of nitrogens with one attached hydrogen (secondary N) is 1. The Morgan fingerprint density at radius 3 is 3.12 bits per heavy atom. The molecule has 26 heavy (non-hydrogen) atoms. The van der Waals surface area contributed by atoms with Crippen molar-refractivity contribution in [2.24, 2.45) is 10.9 Å². The van der Waals surface area contributed by atoms with Crippen LogP contribution in [0, 0.1) is 12.8 Å². The van der Waals surface area contributed by atoms with E-state index in [1.807, 2.05) is 12.4 Å². The monoisotopic (exact) mass is 349 g/mol. The Balaban J connectivity index is 1.63. The zero-order valence-corrected chi connectivity index (χ0v) is 15.4. The third-order valence-electron chi connectivity index (χ3n) is 6.65. The molecule has 0 amide bonds. The van der Waals surface area contributed by atoms with Crippen molar-refractivity contribution >= 4 is 17.1 Å². The number of aryl methyl sites for hydroxylation is 2. The fourth-order valence-corrected chi connectivity index (χ4v) is 5.31. The first-order chi connectivity index (χ1) is 12.7.